The van der Waals surface area contributed by atoms with Crippen molar-refractivity contribution in [1.29, 1.82) is 0 Å². The summed E-state index contributed by atoms with van der Waals surface area (Å²) < 4.78 is 10.9. The van der Waals surface area contributed by atoms with Gasteiger partial charge in [0.2, 0.25) is 0 Å². The van der Waals surface area contributed by atoms with Crippen molar-refractivity contribution in [2.24, 2.45) is 0 Å². The van der Waals surface area contributed by atoms with Gasteiger partial charge in [0.15, 0.2) is 6.10 Å². The van der Waals surface area contributed by atoms with Gasteiger partial charge in [-0.15, -0.1) is 0 Å². The number of fused-ring (bicyclic) bond motifs is 3. The smallest absolute Gasteiger partial charge is 0.407 e. The van der Waals surface area contributed by atoms with E-state index >= 15 is 0 Å². The van der Waals surface area contributed by atoms with Crippen molar-refractivity contribution in [3.8, 4) is 11.1 Å². The van der Waals surface area contributed by atoms with Gasteiger partial charge >= 0.3 is 12.1 Å². The van der Waals surface area contributed by atoms with Crippen LogP contribution in [-0.2, 0) is 19.1 Å². The number of alkyl carbamates (subject to hydrolysis) is 1. The molecule has 2 aromatic carbocycles. The van der Waals surface area contributed by atoms with Crippen molar-refractivity contribution < 1.29 is 29.0 Å². The number of aliphatic carboxylic acids is 1. The number of methoxy groups -OCH3 is 1. The molecule has 0 spiro atoms. The molecule has 1 fully saturated rings. The molecule has 180 valence electrons. The number of hydrogen-bond donors (Lipinski definition) is 2. The number of ether oxygens (including phenoxy) is 2. The van der Waals surface area contributed by atoms with E-state index in [1.807, 2.05) is 24.3 Å². The second-order valence-corrected chi connectivity index (χ2v) is 8.69. The van der Waals surface area contributed by atoms with E-state index in [2.05, 4.69) is 29.6 Å². The molecule has 2 atom stereocenters. The topological polar surface area (TPSA) is 105 Å². The van der Waals surface area contributed by atoms with E-state index in [4.69, 9.17) is 14.6 Å². The summed E-state index contributed by atoms with van der Waals surface area (Å²) in [6.07, 6.45) is 0.564. The van der Waals surface area contributed by atoms with Gasteiger partial charge in [-0.2, -0.15) is 0 Å². The first-order valence-electron chi connectivity index (χ1n) is 11.6. The lowest BCUT2D eigenvalue weighted by atomic mass is 9.98. The van der Waals surface area contributed by atoms with Crippen LogP contribution in [0.3, 0.4) is 0 Å². The molecule has 1 heterocycles. The zero-order chi connectivity index (χ0) is 24.1. The van der Waals surface area contributed by atoms with Gasteiger partial charge < -0.3 is 24.8 Å². The van der Waals surface area contributed by atoms with Crippen LogP contribution in [-0.4, -0.2) is 66.9 Å². The van der Waals surface area contributed by atoms with Gasteiger partial charge in [-0.05, 0) is 41.5 Å². The zero-order valence-electron chi connectivity index (χ0n) is 19.2. The fraction of sp³-hybridized carbons (Fsp3) is 0.423. The summed E-state index contributed by atoms with van der Waals surface area (Å²) in [5, 5.41) is 11.6. The normalized spacial score (nSPS) is 17.7. The third-order valence-corrected chi connectivity index (χ3v) is 6.69. The Kier molecular flexibility index (Phi) is 7.47. The number of likely N-dealkylation sites (tertiary alicyclic amines) is 1. The Morgan fingerprint density at radius 1 is 1.09 bits per heavy atom. The van der Waals surface area contributed by atoms with Crippen molar-refractivity contribution in [1.82, 2.24) is 10.2 Å². The maximum Gasteiger partial charge on any atom is 0.407 e. The van der Waals surface area contributed by atoms with E-state index < -0.39 is 18.2 Å². The molecule has 1 aliphatic heterocycles. The van der Waals surface area contributed by atoms with E-state index in [0.717, 1.165) is 35.1 Å². The van der Waals surface area contributed by atoms with Crippen molar-refractivity contribution in [3.05, 3.63) is 59.7 Å². The first-order valence-corrected chi connectivity index (χ1v) is 11.6. The quantitative estimate of drug-likeness (QED) is 0.587. The molecule has 2 unspecified atom stereocenters. The van der Waals surface area contributed by atoms with Crippen molar-refractivity contribution in [3.63, 3.8) is 0 Å². The number of hydrogen-bond acceptors (Lipinski definition) is 5. The number of carbonyl (C=O) groups is 3. The van der Waals surface area contributed by atoms with Crippen LogP contribution in [0.5, 0.6) is 0 Å². The van der Waals surface area contributed by atoms with E-state index in [0.29, 0.717) is 13.0 Å². The van der Waals surface area contributed by atoms with Gasteiger partial charge in [-0.3, -0.25) is 9.59 Å². The van der Waals surface area contributed by atoms with E-state index in [9.17, 15) is 14.4 Å². The molecular weight excluding hydrogens is 436 g/mol. The lowest BCUT2D eigenvalue weighted by molar-refractivity contribution is -0.144. The lowest BCUT2D eigenvalue weighted by Crippen LogP contribution is -2.47. The van der Waals surface area contributed by atoms with Gasteiger partial charge in [0.1, 0.15) is 6.61 Å². The number of carbonyl (C=O) groups excluding carboxylic acids is 2. The molecule has 2 aromatic rings. The Hall–Kier alpha value is -3.39. The predicted molar refractivity (Wildman–Crippen MR) is 125 cm³/mol. The van der Waals surface area contributed by atoms with Gasteiger partial charge in [-0.1, -0.05) is 48.5 Å². The molecule has 34 heavy (non-hydrogen) atoms. The number of amides is 2. The highest BCUT2D eigenvalue weighted by Crippen LogP contribution is 2.44. The second-order valence-electron chi connectivity index (χ2n) is 8.69. The summed E-state index contributed by atoms with van der Waals surface area (Å²) in [5.74, 6) is -1.16. The molecule has 8 nitrogen and oxygen atoms in total. The summed E-state index contributed by atoms with van der Waals surface area (Å²) in [7, 11) is 1.42. The van der Waals surface area contributed by atoms with Crippen molar-refractivity contribution >= 4 is 18.0 Å². The number of nitrogens with zero attached hydrogens (tertiary/aromatic N) is 1. The number of nitrogens with one attached hydrogen (secondary N) is 1. The number of benzene rings is 2. The van der Waals surface area contributed by atoms with Crippen LogP contribution in [0.2, 0.25) is 0 Å². The Bertz CT molecular complexity index is 1010. The number of rotatable bonds is 9. The van der Waals surface area contributed by atoms with Crippen LogP contribution in [0.25, 0.3) is 11.1 Å². The standard InChI is InChI=1S/C26H30N2O6/c1-33-23(25(31)28-14-6-7-17(28)12-13-24(29)30)15-27-26(32)34-16-22-20-10-4-2-8-18(20)19-9-3-5-11-21(19)22/h2-5,8-11,17,22-23H,6-7,12-16H2,1H3,(H,27,32)(H,29,30). The van der Waals surface area contributed by atoms with E-state index in [-0.39, 0.29) is 37.4 Å². The minimum absolute atomic E-state index is 0.0180. The van der Waals surface area contributed by atoms with Crippen molar-refractivity contribution in [2.75, 3.05) is 26.8 Å². The Morgan fingerprint density at radius 2 is 1.74 bits per heavy atom. The Balaban J connectivity index is 1.31. The monoisotopic (exact) mass is 466 g/mol. The van der Waals surface area contributed by atoms with Crippen LogP contribution >= 0.6 is 0 Å². The minimum atomic E-state index is -0.875. The molecule has 0 aromatic heterocycles. The van der Waals surface area contributed by atoms with Gasteiger partial charge in [0.25, 0.3) is 5.91 Å². The van der Waals surface area contributed by atoms with Crippen LogP contribution in [0.1, 0.15) is 42.7 Å². The third kappa shape index (κ3) is 5.07. The van der Waals surface area contributed by atoms with Crippen molar-refractivity contribution in [2.45, 2.75) is 43.7 Å². The highest BCUT2D eigenvalue weighted by atomic mass is 16.5. The summed E-state index contributed by atoms with van der Waals surface area (Å²) in [6.45, 7) is 0.733. The average molecular weight is 467 g/mol. The molecule has 0 radical (unpaired) electrons. The Labute approximate surface area is 198 Å². The van der Waals surface area contributed by atoms with Crippen LogP contribution in [0, 0.1) is 0 Å². The van der Waals surface area contributed by atoms with Gasteiger partial charge in [0, 0.05) is 32.0 Å². The molecule has 0 saturated carbocycles. The summed E-state index contributed by atoms with van der Waals surface area (Å²) in [5.41, 5.74) is 4.56. The first kappa shape index (κ1) is 23.8. The summed E-state index contributed by atoms with van der Waals surface area (Å²) in [6, 6.07) is 16.1. The SMILES string of the molecule is COC(CNC(=O)OCC1c2ccccc2-c2ccccc21)C(=O)N1CCCC1CCC(=O)O. The summed E-state index contributed by atoms with van der Waals surface area (Å²) >= 11 is 0. The van der Waals surface area contributed by atoms with Crippen LogP contribution < -0.4 is 5.32 Å². The fourth-order valence-corrected chi connectivity index (χ4v) is 5.00. The number of carboxylic acids is 1. The van der Waals surface area contributed by atoms with Gasteiger partial charge in [-0.25, -0.2) is 4.79 Å². The largest absolute Gasteiger partial charge is 0.481 e. The van der Waals surface area contributed by atoms with Gasteiger partial charge in [0.05, 0.1) is 6.54 Å². The molecule has 2 N–H and O–H groups in total. The molecule has 0 bridgehead atoms. The highest BCUT2D eigenvalue weighted by molar-refractivity contribution is 5.83. The third-order valence-electron chi connectivity index (χ3n) is 6.69. The fourth-order valence-electron chi connectivity index (χ4n) is 5.00. The maximum atomic E-state index is 12.9. The molecule has 1 aliphatic carbocycles. The lowest BCUT2D eigenvalue weighted by Gasteiger charge is -2.28. The molecule has 1 saturated heterocycles. The minimum Gasteiger partial charge on any atom is -0.481 e. The average Bonchev–Trinajstić information content (AvgIpc) is 3.44. The summed E-state index contributed by atoms with van der Waals surface area (Å²) in [4.78, 5) is 38.0. The number of carboxylic acid groups (broad SMARTS) is 1. The molecule has 2 aliphatic rings. The zero-order valence-corrected chi connectivity index (χ0v) is 19.2. The molecule has 4 rings (SSSR count). The molecule has 8 heteroatoms. The highest BCUT2D eigenvalue weighted by Gasteiger charge is 2.34. The molecule has 2 amide bonds. The Morgan fingerprint density at radius 3 is 2.35 bits per heavy atom. The van der Waals surface area contributed by atoms with E-state index in [1.54, 1.807) is 4.90 Å². The molecular formula is C26H30N2O6. The van der Waals surface area contributed by atoms with Crippen LogP contribution in [0.4, 0.5) is 4.79 Å². The second kappa shape index (κ2) is 10.7. The van der Waals surface area contributed by atoms with E-state index in [1.165, 1.54) is 7.11 Å². The first-order chi connectivity index (χ1) is 16.5. The predicted octanol–water partition coefficient (Wildman–Crippen LogP) is 3.40. The maximum absolute atomic E-state index is 12.9. The van der Waals surface area contributed by atoms with Crippen LogP contribution in [0.15, 0.2) is 48.5 Å².